The lowest BCUT2D eigenvalue weighted by molar-refractivity contribution is -0.410. The molecule has 0 amide bonds. The topological polar surface area (TPSA) is 27.7 Å². The van der Waals surface area contributed by atoms with Crippen LogP contribution in [0.25, 0.3) is 0 Å². The average Bonchev–Trinajstić information content (AvgIpc) is 2.75. The summed E-state index contributed by atoms with van der Waals surface area (Å²) < 4.78 is 54.0. The molecule has 0 aliphatic rings. The van der Waals surface area contributed by atoms with E-state index in [1.54, 1.807) is 21.3 Å². The molecule has 0 spiro atoms. The first-order chi connectivity index (χ1) is 14.8. The minimum atomic E-state index is -4.02. The summed E-state index contributed by atoms with van der Waals surface area (Å²) in [7, 11) is 4.96. The first-order valence-electron chi connectivity index (χ1n) is 12.5. The predicted octanol–water partition coefficient (Wildman–Crippen LogP) is 8.80. The molecule has 1 unspecified atom stereocenters. The number of unbranched alkanes of at least 4 members (excludes halogenated alkanes) is 11. The van der Waals surface area contributed by atoms with Gasteiger partial charge in [-0.25, -0.2) is 0 Å². The number of halogens is 3. The van der Waals surface area contributed by atoms with Gasteiger partial charge in [-0.1, -0.05) is 90.9 Å². The van der Waals surface area contributed by atoms with Gasteiger partial charge in [0.2, 0.25) is 0 Å². The monoisotopic (exact) mass is 454 g/mol. The fourth-order valence-corrected chi connectivity index (χ4v) is 4.82. The van der Waals surface area contributed by atoms with E-state index in [2.05, 4.69) is 13.8 Å². The van der Waals surface area contributed by atoms with E-state index in [4.69, 9.17) is 14.2 Å². The number of hydrogen-bond donors (Lipinski definition) is 0. The maximum atomic E-state index is 12.2. The third-order valence-corrected chi connectivity index (χ3v) is 6.76. The van der Waals surface area contributed by atoms with Gasteiger partial charge in [0.1, 0.15) is 0 Å². The van der Waals surface area contributed by atoms with Crippen molar-refractivity contribution in [3.8, 4) is 0 Å². The van der Waals surface area contributed by atoms with Crippen molar-refractivity contribution in [3.63, 3.8) is 0 Å². The highest BCUT2D eigenvalue weighted by Crippen LogP contribution is 2.47. The summed E-state index contributed by atoms with van der Waals surface area (Å²) >= 11 is 0. The Hall–Kier alpha value is -0.330. The summed E-state index contributed by atoms with van der Waals surface area (Å²) in [6, 6.07) is 0. The summed E-state index contributed by atoms with van der Waals surface area (Å²) in [5.41, 5.74) is -0.206. The average molecular weight is 455 g/mol. The van der Waals surface area contributed by atoms with Crippen LogP contribution in [0.4, 0.5) is 13.2 Å². The van der Waals surface area contributed by atoms with Crippen molar-refractivity contribution >= 4 is 0 Å². The second-order valence-corrected chi connectivity index (χ2v) is 8.91. The van der Waals surface area contributed by atoms with Crippen LogP contribution >= 0.6 is 0 Å². The molecule has 0 aliphatic carbocycles. The number of rotatable bonds is 21. The summed E-state index contributed by atoms with van der Waals surface area (Å²) in [5, 5.41) is 0. The van der Waals surface area contributed by atoms with Gasteiger partial charge in [0.25, 0.3) is 5.97 Å². The van der Waals surface area contributed by atoms with Gasteiger partial charge in [0.05, 0.1) is 5.41 Å². The smallest absolute Gasteiger partial charge is 0.330 e. The van der Waals surface area contributed by atoms with E-state index in [0.29, 0.717) is 6.42 Å². The number of methoxy groups -OCH3 is 3. The van der Waals surface area contributed by atoms with Crippen molar-refractivity contribution in [2.45, 2.75) is 135 Å². The maximum absolute atomic E-state index is 12.2. The molecule has 0 aromatic heterocycles. The zero-order valence-corrected chi connectivity index (χ0v) is 20.9. The van der Waals surface area contributed by atoms with Gasteiger partial charge in [0.15, 0.2) is 0 Å². The SMILES string of the molecule is CCCCCCCCC(CC)(CCCCCCCCCC(F)(F)F)C(OC)(OC)OC. The molecule has 0 aromatic rings. The van der Waals surface area contributed by atoms with Crippen LogP contribution in [-0.4, -0.2) is 33.5 Å². The standard InChI is InChI=1S/C25H49F3O3/c1-6-8-9-10-14-17-20-23(7-2,25(29-3,30-4)31-5)21-18-15-12-11-13-16-19-22-24(26,27)28/h6-22H2,1-5H3. The molecule has 0 fully saturated rings. The summed E-state index contributed by atoms with van der Waals surface area (Å²) in [6.45, 7) is 4.41. The summed E-state index contributed by atoms with van der Waals surface area (Å²) in [4.78, 5) is 0. The minimum Gasteiger partial charge on any atom is -0.330 e. The third-order valence-electron chi connectivity index (χ3n) is 6.76. The van der Waals surface area contributed by atoms with Crippen molar-refractivity contribution in [1.82, 2.24) is 0 Å². The molecule has 0 N–H and O–H groups in total. The molecule has 0 aliphatic heterocycles. The van der Waals surface area contributed by atoms with Crippen LogP contribution in [0.2, 0.25) is 0 Å². The maximum Gasteiger partial charge on any atom is 0.389 e. The van der Waals surface area contributed by atoms with Crippen LogP contribution in [0.3, 0.4) is 0 Å². The lowest BCUT2D eigenvalue weighted by Crippen LogP contribution is -2.52. The molecular weight excluding hydrogens is 405 g/mol. The zero-order valence-electron chi connectivity index (χ0n) is 20.9. The molecule has 0 aromatic carbocycles. The Morgan fingerprint density at radius 3 is 1.19 bits per heavy atom. The van der Waals surface area contributed by atoms with Crippen molar-refractivity contribution in [2.75, 3.05) is 21.3 Å². The highest BCUT2D eigenvalue weighted by atomic mass is 19.4. The Kier molecular flexibility index (Phi) is 17.0. The molecule has 0 saturated carbocycles. The van der Waals surface area contributed by atoms with Crippen molar-refractivity contribution in [3.05, 3.63) is 0 Å². The molecule has 0 rings (SSSR count). The van der Waals surface area contributed by atoms with Crippen LogP contribution in [0.1, 0.15) is 123 Å². The summed E-state index contributed by atoms with van der Waals surface area (Å²) in [6.07, 6.45) is 11.6. The van der Waals surface area contributed by atoms with E-state index in [-0.39, 0.29) is 11.8 Å². The minimum absolute atomic E-state index is 0.206. The van der Waals surface area contributed by atoms with Crippen LogP contribution in [0, 0.1) is 5.41 Å². The second-order valence-electron chi connectivity index (χ2n) is 8.91. The van der Waals surface area contributed by atoms with Crippen LogP contribution in [0.15, 0.2) is 0 Å². The molecule has 0 saturated heterocycles. The molecule has 0 radical (unpaired) electrons. The van der Waals surface area contributed by atoms with Gasteiger partial charge in [-0.2, -0.15) is 13.2 Å². The normalized spacial score (nSPS) is 14.7. The van der Waals surface area contributed by atoms with Crippen molar-refractivity contribution in [1.29, 1.82) is 0 Å². The van der Waals surface area contributed by atoms with Gasteiger partial charge in [-0.3, -0.25) is 0 Å². The Balaban J connectivity index is 4.57. The molecule has 1 atom stereocenters. The Labute approximate surface area is 189 Å². The molecule has 6 heteroatoms. The molecule has 188 valence electrons. The molecule has 3 nitrogen and oxygen atoms in total. The first kappa shape index (κ1) is 30.7. The van der Waals surface area contributed by atoms with Gasteiger partial charge < -0.3 is 14.2 Å². The lowest BCUT2D eigenvalue weighted by Gasteiger charge is -2.47. The van der Waals surface area contributed by atoms with Gasteiger partial charge in [0, 0.05) is 27.8 Å². The molecule has 0 bridgehead atoms. The lowest BCUT2D eigenvalue weighted by atomic mass is 9.73. The quantitative estimate of drug-likeness (QED) is 0.128. The van der Waals surface area contributed by atoms with E-state index < -0.39 is 18.6 Å². The van der Waals surface area contributed by atoms with E-state index in [1.807, 2.05) is 0 Å². The molecule has 0 heterocycles. The Morgan fingerprint density at radius 2 is 0.871 bits per heavy atom. The Bertz CT molecular complexity index is 403. The van der Waals surface area contributed by atoms with Crippen molar-refractivity contribution in [2.24, 2.45) is 5.41 Å². The van der Waals surface area contributed by atoms with Gasteiger partial charge >= 0.3 is 6.18 Å². The third kappa shape index (κ3) is 11.9. The van der Waals surface area contributed by atoms with Crippen LogP contribution < -0.4 is 0 Å². The fourth-order valence-electron chi connectivity index (χ4n) is 4.82. The fraction of sp³-hybridized carbons (Fsp3) is 1.00. The van der Waals surface area contributed by atoms with Gasteiger partial charge in [-0.05, 0) is 25.7 Å². The van der Waals surface area contributed by atoms with Gasteiger partial charge in [-0.15, -0.1) is 0 Å². The van der Waals surface area contributed by atoms with E-state index >= 15 is 0 Å². The predicted molar refractivity (Wildman–Crippen MR) is 122 cm³/mol. The highest BCUT2D eigenvalue weighted by molar-refractivity contribution is 4.88. The van der Waals surface area contributed by atoms with Crippen LogP contribution in [0.5, 0.6) is 0 Å². The van der Waals surface area contributed by atoms with E-state index in [9.17, 15) is 13.2 Å². The first-order valence-corrected chi connectivity index (χ1v) is 12.5. The Morgan fingerprint density at radius 1 is 0.516 bits per heavy atom. The van der Waals surface area contributed by atoms with E-state index in [1.165, 1.54) is 32.1 Å². The van der Waals surface area contributed by atoms with E-state index in [0.717, 1.165) is 57.8 Å². The summed E-state index contributed by atoms with van der Waals surface area (Å²) in [5.74, 6) is -1.04. The number of ether oxygens (including phenoxy) is 3. The highest BCUT2D eigenvalue weighted by Gasteiger charge is 2.51. The number of hydrogen-bond acceptors (Lipinski definition) is 3. The number of alkyl halides is 3. The van der Waals surface area contributed by atoms with Crippen molar-refractivity contribution < 1.29 is 27.4 Å². The second kappa shape index (κ2) is 17.2. The van der Waals surface area contributed by atoms with Crippen LogP contribution in [-0.2, 0) is 14.2 Å². The molecular formula is C25H49F3O3. The largest absolute Gasteiger partial charge is 0.389 e. The zero-order chi connectivity index (χ0) is 23.6. The molecule has 31 heavy (non-hydrogen) atoms.